The fraction of sp³-hybridized carbons (Fsp3) is 0.300. The average molecular weight is 502 g/mol. The van der Waals surface area contributed by atoms with Gasteiger partial charge >= 0.3 is 0 Å². The highest BCUT2D eigenvalue weighted by atomic mass is 19.1. The zero-order valence-electron chi connectivity index (χ0n) is 21.0. The van der Waals surface area contributed by atoms with Crippen LogP contribution in [0, 0.1) is 15.9 Å². The molecule has 1 atom stereocenters. The summed E-state index contributed by atoms with van der Waals surface area (Å²) in [6.07, 6.45) is 6.28. The van der Waals surface area contributed by atoms with Crippen molar-refractivity contribution in [2.75, 3.05) is 6.54 Å². The van der Waals surface area contributed by atoms with E-state index in [1.807, 2.05) is 41.1 Å². The molecule has 0 aliphatic heterocycles. The zero-order chi connectivity index (χ0) is 26.2. The molecule has 0 radical (unpaired) electrons. The highest BCUT2D eigenvalue weighted by Crippen LogP contribution is 2.37. The number of nitro benzene ring substituents is 1. The number of benzene rings is 3. The van der Waals surface area contributed by atoms with Gasteiger partial charge in [-0.25, -0.2) is 4.39 Å². The first-order valence-electron chi connectivity index (χ1n) is 12.8. The number of nitrogens with zero attached hydrogens (tertiary/aromatic N) is 2. The molecule has 7 heteroatoms. The Morgan fingerprint density at radius 1 is 1.03 bits per heavy atom. The van der Waals surface area contributed by atoms with Gasteiger partial charge in [0.2, 0.25) is 5.91 Å². The third-order valence-corrected chi connectivity index (χ3v) is 6.67. The fourth-order valence-corrected chi connectivity index (χ4v) is 4.78. The van der Waals surface area contributed by atoms with Crippen LogP contribution in [0.4, 0.5) is 10.1 Å². The number of amides is 1. The lowest BCUT2D eigenvalue weighted by atomic mass is 9.88. The Hall–Kier alpha value is -4.00. The van der Waals surface area contributed by atoms with E-state index in [0.29, 0.717) is 24.0 Å². The van der Waals surface area contributed by atoms with E-state index in [1.165, 1.54) is 18.2 Å². The Kier molecular flexibility index (Phi) is 8.67. The molecule has 0 bridgehead atoms. The second-order valence-electron chi connectivity index (χ2n) is 9.38. The maximum absolute atomic E-state index is 14.3. The predicted octanol–water partition coefficient (Wildman–Crippen LogP) is 6.96. The standard InChI is InChI=1S/C30H32FN3O3/c1-2-3-4-8-16-32-30(35)19-26(23-12-9-13-24(31)17-23)28-21-33(20-22-10-6-5-7-11-22)29-15-14-25(34(36)37)18-27(28)29/h5-7,9-15,17-18,21,26H,2-4,8,16,19-20H2,1H3,(H,32,35)/t26-/m0/s1. The summed E-state index contributed by atoms with van der Waals surface area (Å²) in [6.45, 7) is 3.30. The van der Waals surface area contributed by atoms with Gasteiger partial charge in [0, 0.05) is 54.7 Å². The van der Waals surface area contributed by atoms with Gasteiger partial charge in [-0.15, -0.1) is 0 Å². The first-order chi connectivity index (χ1) is 18.0. The van der Waals surface area contributed by atoms with Gasteiger partial charge in [0.15, 0.2) is 0 Å². The van der Waals surface area contributed by atoms with Crippen LogP contribution in [0.3, 0.4) is 0 Å². The van der Waals surface area contributed by atoms with Crippen molar-refractivity contribution in [3.8, 4) is 0 Å². The van der Waals surface area contributed by atoms with Crippen molar-refractivity contribution < 1.29 is 14.1 Å². The van der Waals surface area contributed by atoms with Crippen molar-refractivity contribution in [3.63, 3.8) is 0 Å². The molecule has 3 aromatic carbocycles. The van der Waals surface area contributed by atoms with Crippen LogP contribution in [-0.2, 0) is 11.3 Å². The largest absolute Gasteiger partial charge is 0.356 e. The van der Waals surface area contributed by atoms with Crippen molar-refractivity contribution in [2.24, 2.45) is 0 Å². The maximum Gasteiger partial charge on any atom is 0.270 e. The van der Waals surface area contributed by atoms with Crippen LogP contribution in [0.2, 0.25) is 0 Å². The van der Waals surface area contributed by atoms with Crippen LogP contribution in [-0.4, -0.2) is 21.9 Å². The van der Waals surface area contributed by atoms with Crippen molar-refractivity contribution in [1.82, 2.24) is 9.88 Å². The quantitative estimate of drug-likeness (QED) is 0.130. The lowest BCUT2D eigenvalue weighted by Gasteiger charge is -2.17. The Balaban J connectivity index is 1.74. The molecule has 1 aromatic heterocycles. The summed E-state index contributed by atoms with van der Waals surface area (Å²) in [6, 6.07) is 21.0. The Morgan fingerprint density at radius 2 is 1.84 bits per heavy atom. The molecule has 1 amide bonds. The fourth-order valence-electron chi connectivity index (χ4n) is 4.78. The molecule has 1 heterocycles. The minimum Gasteiger partial charge on any atom is -0.356 e. The first kappa shape index (κ1) is 26.1. The van der Waals surface area contributed by atoms with E-state index in [4.69, 9.17) is 0 Å². The second-order valence-corrected chi connectivity index (χ2v) is 9.38. The molecule has 0 saturated carbocycles. The SMILES string of the molecule is CCCCCCNC(=O)C[C@@H](c1cccc(F)c1)c1cn(Cc2ccccc2)c2ccc([N+](=O)[O-])cc12. The molecule has 4 rings (SSSR count). The summed E-state index contributed by atoms with van der Waals surface area (Å²) < 4.78 is 16.3. The molecule has 6 nitrogen and oxygen atoms in total. The molecular weight excluding hydrogens is 469 g/mol. The molecule has 0 saturated heterocycles. The number of nitrogens with one attached hydrogen (secondary N) is 1. The number of fused-ring (bicyclic) bond motifs is 1. The molecule has 0 fully saturated rings. The van der Waals surface area contributed by atoms with Crippen LogP contribution in [0.1, 0.15) is 61.6 Å². The van der Waals surface area contributed by atoms with E-state index in [-0.39, 0.29) is 23.8 Å². The number of hydrogen-bond acceptors (Lipinski definition) is 3. The van der Waals surface area contributed by atoms with E-state index < -0.39 is 10.8 Å². The Bertz CT molecular complexity index is 1370. The molecule has 4 aromatic rings. The number of hydrogen-bond donors (Lipinski definition) is 1. The molecule has 192 valence electrons. The van der Waals surface area contributed by atoms with Crippen molar-refractivity contribution >= 4 is 22.5 Å². The molecule has 0 spiro atoms. The van der Waals surface area contributed by atoms with E-state index in [2.05, 4.69) is 12.2 Å². The van der Waals surface area contributed by atoms with Gasteiger partial charge in [0.25, 0.3) is 5.69 Å². The highest BCUT2D eigenvalue weighted by Gasteiger charge is 2.24. The summed E-state index contributed by atoms with van der Waals surface area (Å²) >= 11 is 0. The average Bonchev–Trinajstić information content (AvgIpc) is 3.25. The summed E-state index contributed by atoms with van der Waals surface area (Å²) in [7, 11) is 0. The Morgan fingerprint density at radius 3 is 2.57 bits per heavy atom. The van der Waals surface area contributed by atoms with E-state index >= 15 is 0 Å². The van der Waals surface area contributed by atoms with Gasteiger partial charge in [0.05, 0.1) is 4.92 Å². The van der Waals surface area contributed by atoms with Gasteiger partial charge in [-0.05, 0) is 41.3 Å². The molecule has 0 aliphatic rings. The molecule has 0 unspecified atom stereocenters. The van der Waals surface area contributed by atoms with Crippen molar-refractivity contribution in [3.05, 3.63) is 112 Å². The summed E-state index contributed by atoms with van der Waals surface area (Å²) in [5, 5.41) is 15.3. The monoisotopic (exact) mass is 501 g/mol. The third kappa shape index (κ3) is 6.61. The molecule has 0 aliphatic carbocycles. The number of nitro groups is 1. The molecule has 37 heavy (non-hydrogen) atoms. The number of halogens is 1. The normalized spacial score (nSPS) is 11.9. The number of non-ortho nitro benzene ring substituents is 1. The van der Waals surface area contributed by atoms with E-state index in [1.54, 1.807) is 24.3 Å². The van der Waals surface area contributed by atoms with Gasteiger partial charge in [-0.1, -0.05) is 68.7 Å². The van der Waals surface area contributed by atoms with Crippen LogP contribution >= 0.6 is 0 Å². The Labute approximate surface area is 216 Å². The number of carbonyl (C=O) groups excluding carboxylic acids is 1. The number of aromatic nitrogens is 1. The van der Waals surface area contributed by atoms with Gasteiger partial charge < -0.3 is 9.88 Å². The summed E-state index contributed by atoms with van der Waals surface area (Å²) in [5.41, 5.74) is 3.31. The minimum absolute atomic E-state index is 0.0235. The summed E-state index contributed by atoms with van der Waals surface area (Å²) in [5.74, 6) is -0.977. The zero-order valence-corrected chi connectivity index (χ0v) is 21.0. The molecular formula is C30H32FN3O3. The molecule has 1 N–H and O–H groups in total. The second kappa shape index (κ2) is 12.3. The lowest BCUT2D eigenvalue weighted by Crippen LogP contribution is -2.26. The van der Waals surface area contributed by atoms with Crippen LogP contribution < -0.4 is 5.32 Å². The highest BCUT2D eigenvalue weighted by molar-refractivity contribution is 5.88. The predicted molar refractivity (Wildman–Crippen MR) is 144 cm³/mol. The minimum atomic E-state index is -0.465. The van der Waals surface area contributed by atoms with Gasteiger partial charge in [0.1, 0.15) is 5.82 Å². The van der Waals surface area contributed by atoms with Crippen molar-refractivity contribution in [1.29, 1.82) is 0 Å². The van der Waals surface area contributed by atoms with E-state index in [9.17, 15) is 19.3 Å². The number of rotatable bonds is 12. The van der Waals surface area contributed by atoms with Crippen molar-refractivity contribution in [2.45, 2.75) is 51.5 Å². The third-order valence-electron chi connectivity index (χ3n) is 6.67. The van der Waals surface area contributed by atoms with Crippen LogP contribution in [0.5, 0.6) is 0 Å². The van der Waals surface area contributed by atoms with E-state index in [0.717, 1.165) is 42.3 Å². The number of carbonyl (C=O) groups is 1. The van der Waals surface area contributed by atoms with Gasteiger partial charge in [-0.3, -0.25) is 14.9 Å². The summed E-state index contributed by atoms with van der Waals surface area (Å²) in [4.78, 5) is 24.2. The van der Waals surface area contributed by atoms with Crippen LogP contribution in [0.25, 0.3) is 10.9 Å². The maximum atomic E-state index is 14.3. The topological polar surface area (TPSA) is 77.2 Å². The van der Waals surface area contributed by atoms with Crippen LogP contribution in [0.15, 0.2) is 79.0 Å². The lowest BCUT2D eigenvalue weighted by molar-refractivity contribution is -0.384. The number of unbranched alkanes of at least 4 members (excludes halogenated alkanes) is 3. The van der Waals surface area contributed by atoms with Gasteiger partial charge in [-0.2, -0.15) is 0 Å². The first-order valence-corrected chi connectivity index (χ1v) is 12.8. The smallest absolute Gasteiger partial charge is 0.270 e.